The Morgan fingerprint density at radius 2 is 2.17 bits per heavy atom. The zero-order valence-corrected chi connectivity index (χ0v) is 11.5. The number of hydrogen-bond donors (Lipinski definition) is 2. The second-order valence-electron chi connectivity index (χ2n) is 4.80. The van der Waals surface area contributed by atoms with Crippen LogP contribution in [-0.2, 0) is 11.2 Å². The van der Waals surface area contributed by atoms with Crippen LogP contribution in [0.4, 0.5) is 0 Å². The Labute approximate surface area is 118 Å². The monoisotopic (exact) mass is 286 g/mol. The van der Waals surface area contributed by atoms with Gasteiger partial charge in [-0.25, -0.2) is 0 Å². The highest BCUT2D eigenvalue weighted by Gasteiger charge is 2.29. The van der Waals surface area contributed by atoms with Gasteiger partial charge in [-0.2, -0.15) is 0 Å². The van der Waals surface area contributed by atoms with Gasteiger partial charge in [0.2, 0.25) is 5.91 Å². The van der Waals surface area contributed by atoms with E-state index in [1.54, 1.807) is 0 Å². The van der Waals surface area contributed by atoms with Gasteiger partial charge in [0, 0.05) is 18.1 Å². The molecule has 98 valence electrons. The minimum atomic E-state index is 0. The van der Waals surface area contributed by atoms with E-state index in [0.717, 1.165) is 31.0 Å². The van der Waals surface area contributed by atoms with Crippen molar-refractivity contribution in [1.82, 2.24) is 10.6 Å². The lowest BCUT2D eigenvalue weighted by molar-refractivity contribution is -0.127. The van der Waals surface area contributed by atoms with E-state index in [-0.39, 0.29) is 30.3 Å². The van der Waals surface area contributed by atoms with E-state index in [4.69, 9.17) is 11.6 Å². The van der Waals surface area contributed by atoms with Crippen LogP contribution in [0, 0.1) is 5.92 Å². The molecule has 1 amide bonds. The van der Waals surface area contributed by atoms with Gasteiger partial charge >= 0.3 is 0 Å². The number of hydrogen-bond acceptors (Lipinski definition) is 2. The minimum Gasteiger partial charge on any atom is -0.349 e. The van der Waals surface area contributed by atoms with Crippen LogP contribution in [0.2, 0.25) is 5.02 Å². The maximum absolute atomic E-state index is 11.9. The van der Waals surface area contributed by atoms with Crippen LogP contribution in [-0.4, -0.2) is 19.0 Å². The smallest absolute Gasteiger partial charge is 0.226 e. The zero-order valence-electron chi connectivity index (χ0n) is 9.91. The van der Waals surface area contributed by atoms with E-state index >= 15 is 0 Å². The molecule has 1 aromatic rings. The quantitative estimate of drug-likeness (QED) is 0.874. The molecular formula is C13H16Cl2N2O. The topological polar surface area (TPSA) is 41.1 Å². The van der Waals surface area contributed by atoms with Crippen molar-refractivity contribution in [3.05, 3.63) is 34.3 Å². The van der Waals surface area contributed by atoms with E-state index in [1.807, 2.05) is 18.2 Å². The molecule has 3 nitrogen and oxygen atoms in total. The second-order valence-corrected chi connectivity index (χ2v) is 5.23. The molecule has 0 saturated carbocycles. The molecule has 1 fully saturated rings. The van der Waals surface area contributed by atoms with Crippen molar-refractivity contribution in [3.8, 4) is 0 Å². The number of fused-ring (bicyclic) bond motifs is 1. The third-order valence-corrected chi connectivity index (χ3v) is 3.89. The SMILES string of the molecule is Cl.O=C(NC1CCc2cc(Cl)ccc21)C1CNC1. The third kappa shape index (κ3) is 2.48. The van der Waals surface area contributed by atoms with E-state index in [9.17, 15) is 4.79 Å². The number of halogens is 2. The summed E-state index contributed by atoms with van der Waals surface area (Å²) in [6.07, 6.45) is 1.99. The Morgan fingerprint density at radius 3 is 2.83 bits per heavy atom. The van der Waals surface area contributed by atoms with Crippen LogP contribution >= 0.6 is 24.0 Å². The number of nitrogens with one attached hydrogen (secondary N) is 2. The number of carbonyl (C=O) groups is 1. The maximum atomic E-state index is 11.9. The molecule has 0 aromatic heterocycles. The first-order chi connectivity index (χ1) is 8.24. The number of rotatable bonds is 2. The molecule has 18 heavy (non-hydrogen) atoms. The molecule has 1 aromatic carbocycles. The fraction of sp³-hybridized carbons (Fsp3) is 0.462. The van der Waals surface area contributed by atoms with Crippen LogP contribution in [0.25, 0.3) is 0 Å². The van der Waals surface area contributed by atoms with Crippen molar-refractivity contribution < 1.29 is 4.79 Å². The van der Waals surface area contributed by atoms with Crippen molar-refractivity contribution in [3.63, 3.8) is 0 Å². The van der Waals surface area contributed by atoms with Crippen LogP contribution in [0.15, 0.2) is 18.2 Å². The molecule has 1 aliphatic carbocycles. The van der Waals surface area contributed by atoms with Gasteiger partial charge in [-0.05, 0) is 36.1 Å². The molecule has 3 rings (SSSR count). The van der Waals surface area contributed by atoms with Crippen molar-refractivity contribution in [2.45, 2.75) is 18.9 Å². The molecule has 2 aliphatic rings. The summed E-state index contributed by atoms with van der Waals surface area (Å²) in [5, 5.41) is 7.03. The van der Waals surface area contributed by atoms with Crippen LogP contribution in [0.3, 0.4) is 0 Å². The van der Waals surface area contributed by atoms with E-state index in [1.165, 1.54) is 11.1 Å². The zero-order chi connectivity index (χ0) is 11.8. The first-order valence-electron chi connectivity index (χ1n) is 6.03. The van der Waals surface area contributed by atoms with Crippen LogP contribution in [0.1, 0.15) is 23.6 Å². The molecule has 1 unspecified atom stereocenters. The molecule has 0 radical (unpaired) electrons. The summed E-state index contributed by atoms with van der Waals surface area (Å²) in [6.45, 7) is 1.62. The summed E-state index contributed by atoms with van der Waals surface area (Å²) in [5.41, 5.74) is 2.50. The Balaban J connectivity index is 0.00000120. The van der Waals surface area contributed by atoms with Gasteiger partial charge in [0.1, 0.15) is 0 Å². The largest absolute Gasteiger partial charge is 0.349 e. The maximum Gasteiger partial charge on any atom is 0.226 e. The molecule has 5 heteroatoms. The summed E-state index contributed by atoms with van der Waals surface area (Å²) < 4.78 is 0. The average Bonchev–Trinajstić information content (AvgIpc) is 2.58. The molecular weight excluding hydrogens is 271 g/mol. The third-order valence-electron chi connectivity index (χ3n) is 3.65. The summed E-state index contributed by atoms with van der Waals surface area (Å²) in [4.78, 5) is 11.9. The van der Waals surface area contributed by atoms with E-state index < -0.39 is 0 Å². The number of carbonyl (C=O) groups excluding carboxylic acids is 1. The number of amides is 1. The molecule has 1 heterocycles. The fourth-order valence-corrected chi connectivity index (χ4v) is 2.69. The van der Waals surface area contributed by atoms with E-state index in [2.05, 4.69) is 10.6 Å². The molecule has 0 spiro atoms. The van der Waals surface area contributed by atoms with Crippen molar-refractivity contribution >= 4 is 29.9 Å². The van der Waals surface area contributed by atoms with Gasteiger partial charge in [0.25, 0.3) is 0 Å². The standard InChI is InChI=1S/C13H15ClN2O.ClH/c14-10-2-3-11-8(5-10)1-4-12(11)16-13(17)9-6-15-7-9;/h2-3,5,9,12,15H,1,4,6-7H2,(H,16,17);1H. The highest BCUT2D eigenvalue weighted by Crippen LogP contribution is 2.33. The minimum absolute atomic E-state index is 0. The molecule has 1 aliphatic heterocycles. The second kappa shape index (κ2) is 5.47. The van der Waals surface area contributed by atoms with Gasteiger partial charge in [0.05, 0.1) is 12.0 Å². The van der Waals surface area contributed by atoms with Crippen molar-refractivity contribution in [2.24, 2.45) is 5.92 Å². The number of aryl methyl sites for hydroxylation is 1. The Hall–Kier alpha value is -0.770. The predicted octanol–water partition coefficient (Wildman–Crippen LogP) is 2.08. The summed E-state index contributed by atoms with van der Waals surface area (Å²) in [6, 6.07) is 6.12. The first kappa shape index (κ1) is 13.7. The normalized spacial score (nSPS) is 21.7. The summed E-state index contributed by atoms with van der Waals surface area (Å²) in [7, 11) is 0. The van der Waals surface area contributed by atoms with Crippen molar-refractivity contribution in [1.29, 1.82) is 0 Å². The highest BCUT2D eigenvalue weighted by atomic mass is 35.5. The summed E-state index contributed by atoms with van der Waals surface area (Å²) >= 11 is 5.96. The fourth-order valence-electron chi connectivity index (χ4n) is 2.50. The lowest BCUT2D eigenvalue weighted by Gasteiger charge is -2.27. The van der Waals surface area contributed by atoms with Gasteiger partial charge in [-0.15, -0.1) is 12.4 Å². The highest BCUT2D eigenvalue weighted by molar-refractivity contribution is 6.30. The van der Waals surface area contributed by atoms with Crippen LogP contribution < -0.4 is 10.6 Å². The Bertz CT molecular complexity index is 460. The van der Waals surface area contributed by atoms with E-state index in [0.29, 0.717) is 0 Å². The molecule has 1 saturated heterocycles. The first-order valence-corrected chi connectivity index (χ1v) is 6.41. The molecule has 1 atom stereocenters. The van der Waals surface area contributed by atoms with Crippen LogP contribution in [0.5, 0.6) is 0 Å². The Morgan fingerprint density at radius 1 is 1.39 bits per heavy atom. The van der Waals surface area contributed by atoms with Crippen molar-refractivity contribution in [2.75, 3.05) is 13.1 Å². The van der Waals surface area contributed by atoms with Gasteiger partial charge in [-0.1, -0.05) is 17.7 Å². The average molecular weight is 287 g/mol. The molecule has 2 N–H and O–H groups in total. The predicted molar refractivity (Wildman–Crippen MR) is 74.3 cm³/mol. The lowest BCUT2D eigenvalue weighted by Crippen LogP contribution is -2.51. The summed E-state index contributed by atoms with van der Waals surface area (Å²) in [5.74, 6) is 0.336. The molecule has 0 bridgehead atoms. The lowest BCUT2D eigenvalue weighted by atomic mass is 10.0. The Kier molecular flexibility index (Phi) is 4.15. The number of benzene rings is 1. The van der Waals surface area contributed by atoms with Gasteiger partial charge in [-0.3, -0.25) is 4.79 Å². The van der Waals surface area contributed by atoms with Gasteiger partial charge < -0.3 is 10.6 Å². The van der Waals surface area contributed by atoms with Gasteiger partial charge in [0.15, 0.2) is 0 Å².